The molecule has 0 bridgehead atoms. The topological polar surface area (TPSA) is 25.8 Å². The number of fused-ring (bicyclic) bond motifs is 1. The van der Waals surface area contributed by atoms with Crippen LogP contribution in [0.3, 0.4) is 0 Å². The van der Waals surface area contributed by atoms with Gasteiger partial charge in [0.15, 0.2) is 5.82 Å². The van der Waals surface area contributed by atoms with Crippen LogP contribution in [0.5, 0.6) is 0 Å². The van der Waals surface area contributed by atoms with Crippen molar-refractivity contribution < 1.29 is 0 Å². The molecule has 2 aromatic heterocycles. The minimum atomic E-state index is 0.417. The smallest absolute Gasteiger partial charge is 0.162 e. The molecule has 0 aliphatic heterocycles. The molecule has 6 heteroatoms. The molecular formula is C12H5BrCl2N2S. The first-order chi connectivity index (χ1) is 8.65. The zero-order valence-corrected chi connectivity index (χ0v) is 12.7. The Kier molecular flexibility index (Phi) is 3.28. The first-order valence-electron chi connectivity index (χ1n) is 5.01. The summed E-state index contributed by atoms with van der Waals surface area (Å²) in [5.74, 6) is 0.586. The Labute approximate surface area is 126 Å². The molecule has 0 spiro atoms. The summed E-state index contributed by atoms with van der Waals surface area (Å²) in [6.07, 6.45) is 0. The van der Waals surface area contributed by atoms with Gasteiger partial charge in [-0.15, -0.1) is 11.3 Å². The second-order valence-electron chi connectivity index (χ2n) is 3.61. The molecular weight excluding hydrogens is 355 g/mol. The van der Waals surface area contributed by atoms with Crippen molar-refractivity contribution in [3.63, 3.8) is 0 Å². The number of benzene rings is 1. The van der Waals surface area contributed by atoms with Crippen molar-refractivity contribution in [2.75, 3.05) is 0 Å². The molecule has 0 aliphatic carbocycles. The van der Waals surface area contributed by atoms with E-state index in [0.29, 0.717) is 21.5 Å². The number of hydrogen-bond donors (Lipinski definition) is 0. The van der Waals surface area contributed by atoms with Gasteiger partial charge in [0, 0.05) is 16.3 Å². The molecule has 0 fully saturated rings. The highest BCUT2D eigenvalue weighted by molar-refractivity contribution is 9.11. The quantitative estimate of drug-likeness (QED) is 0.541. The summed E-state index contributed by atoms with van der Waals surface area (Å²) in [7, 11) is 0. The highest BCUT2D eigenvalue weighted by Gasteiger charge is 2.11. The fourth-order valence-electron chi connectivity index (χ4n) is 1.64. The molecule has 0 aliphatic rings. The Morgan fingerprint density at radius 3 is 2.72 bits per heavy atom. The lowest BCUT2D eigenvalue weighted by atomic mass is 10.2. The third kappa shape index (κ3) is 2.14. The average Bonchev–Trinajstić information content (AvgIpc) is 2.77. The molecule has 2 heterocycles. The predicted octanol–water partition coefficient (Wildman–Crippen LogP) is 5.43. The first kappa shape index (κ1) is 12.4. The monoisotopic (exact) mass is 358 g/mol. The molecule has 0 N–H and O–H groups in total. The van der Waals surface area contributed by atoms with Gasteiger partial charge in [-0.25, -0.2) is 9.97 Å². The van der Waals surface area contributed by atoms with Crippen molar-refractivity contribution in [2.24, 2.45) is 0 Å². The summed E-state index contributed by atoms with van der Waals surface area (Å²) in [6, 6.07) is 7.44. The Morgan fingerprint density at radius 2 is 2.00 bits per heavy atom. The molecule has 0 amide bonds. The van der Waals surface area contributed by atoms with Crippen LogP contribution in [-0.4, -0.2) is 9.97 Å². The van der Waals surface area contributed by atoms with Gasteiger partial charge in [0.25, 0.3) is 0 Å². The maximum atomic E-state index is 6.17. The molecule has 0 atom stereocenters. The van der Waals surface area contributed by atoms with Crippen LogP contribution in [0.15, 0.2) is 33.4 Å². The largest absolute Gasteiger partial charge is 0.226 e. The maximum Gasteiger partial charge on any atom is 0.162 e. The van der Waals surface area contributed by atoms with Gasteiger partial charge in [-0.1, -0.05) is 29.3 Å². The van der Waals surface area contributed by atoms with Gasteiger partial charge in [-0.2, -0.15) is 0 Å². The lowest BCUT2D eigenvalue weighted by Gasteiger charge is -2.04. The fourth-order valence-corrected chi connectivity index (χ4v) is 3.22. The molecule has 1 aromatic carbocycles. The molecule has 0 saturated carbocycles. The van der Waals surface area contributed by atoms with Crippen molar-refractivity contribution in [2.45, 2.75) is 0 Å². The van der Waals surface area contributed by atoms with Crippen LogP contribution in [-0.2, 0) is 0 Å². The molecule has 3 rings (SSSR count). The molecule has 0 unspecified atom stereocenters. The van der Waals surface area contributed by atoms with E-state index in [2.05, 4.69) is 25.9 Å². The first-order valence-corrected chi connectivity index (χ1v) is 7.44. The summed E-state index contributed by atoms with van der Waals surface area (Å²) in [6.45, 7) is 0. The standard InChI is InChI=1S/C12H5BrCl2N2S/c13-9-4-6(5-18-9)12-16-10-7(11(15)17-12)2-1-3-8(10)14/h1-5H. The van der Waals surface area contributed by atoms with Crippen LogP contribution < -0.4 is 0 Å². The molecule has 2 nitrogen and oxygen atoms in total. The van der Waals surface area contributed by atoms with E-state index in [-0.39, 0.29) is 0 Å². The van der Waals surface area contributed by atoms with Gasteiger partial charge in [0.1, 0.15) is 5.15 Å². The van der Waals surface area contributed by atoms with Crippen molar-refractivity contribution >= 4 is 61.4 Å². The number of nitrogens with zero attached hydrogens (tertiary/aromatic N) is 2. The van der Waals surface area contributed by atoms with Crippen LogP contribution in [0.25, 0.3) is 22.3 Å². The Morgan fingerprint density at radius 1 is 1.17 bits per heavy atom. The molecule has 0 radical (unpaired) electrons. The molecule has 0 saturated heterocycles. The van der Waals surface area contributed by atoms with Crippen LogP contribution in [0.2, 0.25) is 10.2 Å². The van der Waals surface area contributed by atoms with Gasteiger partial charge in [-0.05, 0) is 34.1 Å². The highest BCUT2D eigenvalue weighted by atomic mass is 79.9. The second-order valence-corrected chi connectivity index (χ2v) is 6.67. The average molecular weight is 360 g/mol. The van der Waals surface area contributed by atoms with Gasteiger partial charge >= 0.3 is 0 Å². The summed E-state index contributed by atoms with van der Waals surface area (Å²) in [5, 5.41) is 3.73. The van der Waals surface area contributed by atoms with E-state index < -0.39 is 0 Å². The van der Waals surface area contributed by atoms with E-state index in [9.17, 15) is 0 Å². The van der Waals surface area contributed by atoms with Gasteiger partial charge in [0.05, 0.1) is 14.3 Å². The van der Waals surface area contributed by atoms with Gasteiger partial charge < -0.3 is 0 Å². The summed E-state index contributed by atoms with van der Waals surface area (Å²) >= 11 is 17.3. The zero-order chi connectivity index (χ0) is 12.7. The number of thiophene rings is 1. The highest BCUT2D eigenvalue weighted by Crippen LogP contribution is 2.31. The summed E-state index contributed by atoms with van der Waals surface area (Å²) in [4.78, 5) is 8.79. The minimum Gasteiger partial charge on any atom is -0.226 e. The minimum absolute atomic E-state index is 0.417. The third-order valence-electron chi connectivity index (χ3n) is 2.46. The number of hydrogen-bond acceptors (Lipinski definition) is 3. The Hall–Kier alpha value is -0.680. The lowest BCUT2D eigenvalue weighted by molar-refractivity contribution is 1.23. The van der Waals surface area contributed by atoms with Gasteiger partial charge in [0.2, 0.25) is 0 Å². The van der Waals surface area contributed by atoms with E-state index in [0.717, 1.165) is 14.7 Å². The second kappa shape index (κ2) is 4.78. The van der Waals surface area contributed by atoms with Crippen molar-refractivity contribution in [3.8, 4) is 11.4 Å². The lowest BCUT2D eigenvalue weighted by Crippen LogP contribution is -1.91. The molecule has 3 aromatic rings. The third-order valence-corrected chi connectivity index (χ3v) is 4.55. The van der Waals surface area contributed by atoms with E-state index in [4.69, 9.17) is 23.2 Å². The zero-order valence-electron chi connectivity index (χ0n) is 8.82. The number of aromatic nitrogens is 2. The summed E-state index contributed by atoms with van der Waals surface area (Å²) < 4.78 is 1.02. The maximum absolute atomic E-state index is 6.17. The van der Waals surface area contributed by atoms with Crippen LogP contribution in [0, 0.1) is 0 Å². The number of halogens is 3. The van der Waals surface area contributed by atoms with Crippen LogP contribution in [0.4, 0.5) is 0 Å². The van der Waals surface area contributed by atoms with E-state index in [1.807, 2.05) is 23.6 Å². The fraction of sp³-hybridized carbons (Fsp3) is 0. The molecule has 18 heavy (non-hydrogen) atoms. The Balaban J connectivity index is 2.29. The van der Waals surface area contributed by atoms with Crippen LogP contribution in [0.1, 0.15) is 0 Å². The van der Waals surface area contributed by atoms with Crippen LogP contribution >= 0.6 is 50.5 Å². The van der Waals surface area contributed by atoms with E-state index >= 15 is 0 Å². The van der Waals surface area contributed by atoms with E-state index in [1.54, 1.807) is 17.4 Å². The summed E-state index contributed by atoms with van der Waals surface area (Å²) in [5.41, 5.74) is 1.60. The SMILES string of the molecule is Clc1nc(-c2csc(Br)c2)nc2c(Cl)cccc12. The van der Waals surface area contributed by atoms with Crippen molar-refractivity contribution in [1.29, 1.82) is 0 Å². The number of rotatable bonds is 1. The van der Waals surface area contributed by atoms with Crippen molar-refractivity contribution in [3.05, 3.63) is 43.6 Å². The number of para-hydroxylation sites is 1. The van der Waals surface area contributed by atoms with E-state index in [1.165, 1.54) is 0 Å². The van der Waals surface area contributed by atoms with Crippen molar-refractivity contribution in [1.82, 2.24) is 9.97 Å². The van der Waals surface area contributed by atoms with Gasteiger partial charge in [-0.3, -0.25) is 0 Å². The molecule has 90 valence electrons. The Bertz CT molecular complexity index is 742. The normalized spacial score (nSPS) is 11.1. The predicted molar refractivity (Wildman–Crippen MR) is 80.6 cm³/mol.